The molecule has 100 valence electrons. The van der Waals surface area contributed by atoms with Crippen molar-refractivity contribution in [1.82, 2.24) is 0 Å². The fourth-order valence-electron chi connectivity index (χ4n) is 1.28. The summed E-state index contributed by atoms with van der Waals surface area (Å²) < 4.78 is 29.6. The summed E-state index contributed by atoms with van der Waals surface area (Å²) in [6.45, 7) is 0. The van der Waals surface area contributed by atoms with Crippen LogP contribution < -0.4 is 34.3 Å². The maximum atomic E-state index is 10.6. The van der Waals surface area contributed by atoms with Crippen LogP contribution in [-0.2, 0) is 11.4 Å². The second-order valence-electron chi connectivity index (χ2n) is 3.32. The molecule has 0 saturated carbocycles. The number of rotatable bonds is 3. The van der Waals surface area contributed by atoms with Gasteiger partial charge < -0.3 is 13.8 Å². The molecule has 0 fully saturated rings. The number of aldehydes is 1. The van der Waals surface area contributed by atoms with E-state index in [0.29, 0.717) is 11.3 Å². The summed E-state index contributed by atoms with van der Waals surface area (Å²) in [7, 11) is 0. The van der Waals surface area contributed by atoms with E-state index in [4.69, 9.17) is 18.1 Å². The largest absolute Gasteiger partial charge is 1.00 e. The van der Waals surface area contributed by atoms with E-state index in [0.717, 1.165) is 12.0 Å². The number of benzene rings is 2. The van der Waals surface area contributed by atoms with Gasteiger partial charge in [0, 0.05) is 5.56 Å². The Hall–Kier alpha value is -1.02. The van der Waals surface area contributed by atoms with Crippen LogP contribution in [0.2, 0.25) is 0 Å². The molecule has 0 aliphatic heterocycles. The van der Waals surface area contributed by atoms with Crippen LogP contribution >= 0.6 is 0 Å². The van der Waals surface area contributed by atoms with Crippen molar-refractivity contribution in [2.24, 2.45) is 0 Å². The number of carbonyl (C=O) groups is 1. The second kappa shape index (κ2) is 10.7. The molecule has 7 heteroatoms. The third-order valence-electron chi connectivity index (χ3n) is 1.97. The molecular formula is C13H11NaO5S. The first-order valence-corrected chi connectivity index (χ1v) is 6.21. The molecule has 2 aromatic rings. The zero-order chi connectivity index (χ0) is 14.1. The molecule has 0 heterocycles. The van der Waals surface area contributed by atoms with E-state index in [-0.39, 0.29) is 29.6 Å². The van der Waals surface area contributed by atoms with Crippen LogP contribution in [0.3, 0.4) is 0 Å². The average molecular weight is 302 g/mol. The van der Waals surface area contributed by atoms with Gasteiger partial charge in [-0.2, -0.15) is 0 Å². The van der Waals surface area contributed by atoms with Crippen LogP contribution in [0.5, 0.6) is 11.5 Å². The molecule has 0 radical (unpaired) electrons. The van der Waals surface area contributed by atoms with Crippen molar-refractivity contribution in [2.75, 3.05) is 0 Å². The first kappa shape index (κ1) is 19.0. The van der Waals surface area contributed by atoms with E-state index in [1.54, 1.807) is 18.2 Å². The van der Waals surface area contributed by atoms with E-state index >= 15 is 0 Å². The third kappa shape index (κ3) is 8.21. The van der Waals surface area contributed by atoms with Crippen molar-refractivity contribution < 1.29 is 52.4 Å². The van der Waals surface area contributed by atoms with Gasteiger partial charge in [0.1, 0.15) is 17.8 Å². The SMILES string of the molecule is O=Cc1cccc(Oc2ccccc2)c1.O=S([O-])O.[Na+]. The van der Waals surface area contributed by atoms with Crippen LogP contribution in [0.1, 0.15) is 10.4 Å². The zero-order valence-corrected chi connectivity index (χ0v) is 13.6. The van der Waals surface area contributed by atoms with E-state index < -0.39 is 11.4 Å². The second-order valence-corrected chi connectivity index (χ2v) is 3.76. The number of para-hydroxylation sites is 1. The van der Waals surface area contributed by atoms with Gasteiger partial charge in [0.25, 0.3) is 0 Å². The molecule has 2 rings (SSSR count). The molecule has 1 unspecified atom stereocenters. The Morgan fingerprint density at radius 2 is 1.60 bits per heavy atom. The monoisotopic (exact) mass is 302 g/mol. The Bertz CT molecular complexity index is 543. The summed E-state index contributed by atoms with van der Waals surface area (Å²) in [5.74, 6) is 1.44. The van der Waals surface area contributed by atoms with Gasteiger partial charge in [0.05, 0.1) is 11.4 Å². The van der Waals surface area contributed by atoms with Gasteiger partial charge >= 0.3 is 29.6 Å². The molecule has 0 saturated heterocycles. The van der Waals surface area contributed by atoms with Crippen LogP contribution in [-0.4, -0.2) is 19.6 Å². The summed E-state index contributed by atoms with van der Waals surface area (Å²) >= 11 is -2.86. The minimum atomic E-state index is -2.86. The number of hydrogen-bond donors (Lipinski definition) is 1. The standard InChI is InChI=1S/C13H10O2.Na.H2O3S/c14-10-11-5-4-8-13(9-11)15-12-6-2-1-3-7-12;;1-4(2)3/h1-10H;;(H2,1,2,3)/q;+1;/p-1. The van der Waals surface area contributed by atoms with Crippen LogP contribution in [0.25, 0.3) is 0 Å². The van der Waals surface area contributed by atoms with Crippen molar-refractivity contribution in [1.29, 1.82) is 0 Å². The molecule has 0 aromatic heterocycles. The van der Waals surface area contributed by atoms with E-state index in [2.05, 4.69) is 0 Å². The number of carbonyl (C=O) groups excluding carboxylic acids is 1. The molecule has 0 spiro atoms. The predicted molar refractivity (Wildman–Crippen MR) is 69.9 cm³/mol. The van der Waals surface area contributed by atoms with Crippen molar-refractivity contribution in [3.8, 4) is 11.5 Å². The Morgan fingerprint density at radius 1 is 1.05 bits per heavy atom. The Kier molecular flexibility index (Phi) is 10.2. The normalized spacial score (nSPS) is 10.3. The Morgan fingerprint density at radius 3 is 2.15 bits per heavy atom. The molecule has 2 aromatic carbocycles. The van der Waals surface area contributed by atoms with Gasteiger partial charge in [-0.25, -0.2) is 4.21 Å². The van der Waals surface area contributed by atoms with E-state index in [1.165, 1.54) is 0 Å². The van der Waals surface area contributed by atoms with Gasteiger partial charge in [-0.15, -0.1) is 0 Å². The maximum absolute atomic E-state index is 10.6. The fourth-order valence-corrected chi connectivity index (χ4v) is 1.28. The summed E-state index contributed by atoms with van der Waals surface area (Å²) in [6.07, 6.45) is 0.803. The molecule has 1 N–H and O–H groups in total. The van der Waals surface area contributed by atoms with Crippen molar-refractivity contribution >= 4 is 17.6 Å². The molecular weight excluding hydrogens is 291 g/mol. The maximum Gasteiger partial charge on any atom is 1.00 e. The van der Waals surface area contributed by atoms with E-state index in [1.807, 2.05) is 36.4 Å². The summed E-state index contributed by atoms with van der Waals surface area (Å²) in [5.41, 5.74) is 0.614. The Balaban J connectivity index is 0.000000644. The van der Waals surface area contributed by atoms with Crippen molar-refractivity contribution in [3.63, 3.8) is 0 Å². The number of hydrogen-bond acceptors (Lipinski definition) is 4. The first-order chi connectivity index (χ1) is 9.11. The number of ether oxygens (including phenoxy) is 1. The zero-order valence-electron chi connectivity index (χ0n) is 10.8. The third-order valence-corrected chi connectivity index (χ3v) is 1.97. The molecule has 0 aliphatic carbocycles. The van der Waals surface area contributed by atoms with E-state index in [9.17, 15) is 4.79 Å². The topological polar surface area (TPSA) is 86.7 Å². The molecule has 20 heavy (non-hydrogen) atoms. The molecule has 0 amide bonds. The average Bonchev–Trinajstić information content (AvgIpc) is 2.39. The summed E-state index contributed by atoms with van der Waals surface area (Å²) in [4.78, 5) is 10.6. The molecule has 5 nitrogen and oxygen atoms in total. The quantitative estimate of drug-likeness (QED) is 0.475. The van der Waals surface area contributed by atoms with Crippen LogP contribution in [0.15, 0.2) is 54.6 Å². The summed E-state index contributed by atoms with van der Waals surface area (Å²) in [5, 5.41) is 0. The van der Waals surface area contributed by atoms with Crippen molar-refractivity contribution in [3.05, 3.63) is 60.2 Å². The van der Waals surface area contributed by atoms with Crippen molar-refractivity contribution in [2.45, 2.75) is 0 Å². The predicted octanol–water partition coefficient (Wildman–Crippen LogP) is -0.366. The van der Waals surface area contributed by atoms with Gasteiger partial charge in [-0.3, -0.25) is 4.79 Å². The minimum Gasteiger partial charge on any atom is -0.750 e. The fraction of sp³-hybridized carbons (Fsp3) is 0. The van der Waals surface area contributed by atoms with Gasteiger partial charge in [0.15, 0.2) is 0 Å². The molecule has 1 atom stereocenters. The van der Waals surface area contributed by atoms with Gasteiger partial charge in [-0.05, 0) is 24.3 Å². The first-order valence-electron chi connectivity index (χ1n) is 5.18. The smallest absolute Gasteiger partial charge is 0.750 e. The summed E-state index contributed by atoms with van der Waals surface area (Å²) in [6, 6.07) is 16.5. The van der Waals surface area contributed by atoms with Gasteiger partial charge in [0.2, 0.25) is 0 Å². The van der Waals surface area contributed by atoms with Gasteiger partial charge in [-0.1, -0.05) is 30.3 Å². The minimum absolute atomic E-state index is 0. The van der Waals surface area contributed by atoms with Crippen LogP contribution in [0.4, 0.5) is 0 Å². The Labute approximate surface area is 141 Å². The van der Waals surface area contributed by atoms with Crippen LogP contribution in [0, 0.1) is 0 Å². The molecule has 0 bridgehead atoms. The molecule has 0 aliphatic rings.